The highest BCUT2D eigenvalue weighted by molar-refractivity contribution is 7.99. The summed E-state index contributed by atoms with van der Waals surface area (Å²) in [5.74, 6) is 0. The summed E-state index contributed by atoms with van der Waals surface area (Å²) in [6.45, 7) is 4.80. The summed E-state index contributed by atoms with van der Waals surface area (Å²) in [5, 5.41) is 1.14. The van der Waals surface area contributed by atoms with Crippen LogP contribution in [0.3, 0.4) is 0 Å². The zero-order chi connectivity index (χ0) is 18.1. The van der Waals surface area contributed by atoms with Gasteiger partial charge in [0.25, 0.3) is 5.56 Å². The van der Waals surface area contributed by atoms with Gasteiger partial charge in [-0.15, -0.1) is 0 Å². The summed E-state index contributed by atoms with van der Waals surface area (Å²) in [6.07, 6.45) is 0.996. The number of benzene rings is 1. The predicted octanol–water partition coefficient (Wildman–Crippen LogP) is 2.37. The summed E-state index contributed by atoms with van der Waals surface area (Å²) in [4.78, 5) is 29.6. The maximum absolute atomic E-state index is 12.8. The molecule has 2 aromatic heterocycles. The summed E-state index contributed by atoms with van der Waals surface area (Å²) in [7, 11) is 3.16. The van der Waals surface area contributed by atoms with Gasteiger partial charge in [0.1, 0.15) is 0 Å². The van der Waals surface area contributed by atoms with Gasteiger partial charge in [-0.2, -0.15) is 0 Å². The smallest absolute Gasteiger partial charge is 0.309 e. The topological polar surface area (TPSA) is 61.8 Å². The zero-order valence-corrected chi connectivity index (χ0v) is 15.7. The minimum absolute atomic E-state index is 0.308. The molecule has 1 aromatic carbocycles. The summed E-state index contributed by atoms with van der Waals surface area (Å²) >= 11 is 1.63. The number of aromatic nitrogens is 4. The van der Waals surface area contributed by atoms with E-state index < -0.39 is 0 Å². The maximum atomic E-state index is 12.8. The fraction of sp³-hybridized carbons (Fsp3) is 0.389. The second-order valence-corrected chi connectivity index (χ2v) is 7.59. The van der Waals surface area contributed by atoms with E-state index in [1.165, 1.54) is 11.6 Å². The summed E-state index contributed by atoms with van der Waals surface area (Å²) in [6, 6.07) is 9.96. The van der Waals surface area contributed by atoms with Gasteiger partial charge in [-0.25, -0.2) is 9.78 Å². The molecule has 0 fully saturated rings. The van der Waals surface area contributed by atoms with Crippen molar-refractivity contribution in [2.45, 2.75) is 37.2 Å². The highest BCUT2D eigenvalue weighted by Crippen LogP contribution is 2.27. The molecule has 0 saturated carbocycles. The lowest BCUT2D eigenvalue weighted by Gasteiger charge is -2.11. The van der Waals surface area contributed by atoms with Crippen molar-refractivity contribution in [1.82, 2.24) is 18.7 Å². The highest BCUT2D eigenvalue weighted by Gasteiger charge is 2.20. The fourth-order valence-electron chi connectivity index (χ4n) is 2.69. The van der Waals surface area contributed by atoms with Gasteiger partial charge in [-0.1, -0.05) is 55.9 Å². The van der Waals surface area contributed by atoms with Crippen molar-refractivity contribution in [2.24, 2.45) is 14.1 Å². The molecule has 25 heavy (non-hydrogen) atoms. The number of rotatable bonds is 5. The Labute approximate surface area is 150 Å². The summed E-state index contributed by atoms with van der Waals surface area (Å²) < 4.78 is 4.52. The van der Waals surface area contributed by atoms with E-state index in [-0.39, 0.29) is 11.2 Å². The second-order valence-electron chi connectivity index (χ2n) is 6.18. The van der Waals surface area contributed by atoms with Crippen LogP contribution in [0.5, 0.6) is 0 Å². The first-order valence-electron chi connectivity index (χ1n) is 8.30. The third-order valence-electron chi connectivity index (χ3n) is 4.38. The monoisotopic (exact) mass is 358 g/mol. The van der Waals surface area contributed by atoms with Crippen LogP contribution < -0.4 is 11.2 Å². The Kier molecular flexibility index (Phi) is 4.85. The van der Waals surface area contributed by atoms with E-state index in [4.69, 9.17) is 0 Å². The number of aryl methyl sites for hydroxylation is 1. The fourth-order valence-corrected chi connectivity index (χ4v) is 3.64. The molecule has 3 rings (SSSR count). The average molecular weight is 358 g/mol. The molecule has 0 N–H and O–H groups in total. The van der Waals surface area contributed by atoms with Gasteiger partial charge in [0.15, 0.2) is 16.3 Å². The van der Waals surface area contributed by atoms with E-state index in [0.717, 1.165) is 21.7 Å². The van der Waals surface area contributed by atoms with E-state index in [0.29, 0.717) is 23.0 Å². The Hall–Kier alpha value is -2.28. The minimum atomic E-state index is -0.359. The number of hydrogen-bond acceptors (Lipinski definition) is 4. The van der Waals surface area contributed by atoms with Gasteiger partial charge in [-0.05, 0) is 12.0 Å². The van der Waals surface area contributed by atoms with E-state index in [9.17, 15) is 9.59 Å². The van der Waals surface area contributed by atoms with E-state index in [2.05, 4.69) is 18.8 Å². The van der Waals surface area contributed by atoms with E-state index in [1.807, 2.05) is 34.9 Å². The van der Waals surface area contributed by atoms with Gasteiger partial charge >= 0.3 is 5.69 Å². The van der Waals surface area contributed by atoms with Gasteiger partial charge in [0.2, 0.25) is 0 Å². The molecule has 1 atom stereocenters. The Balaban J connectivity index is 2.28. The minimum Gasteiger partial charge on any atom is -0.309 e. The molecule has 0 aliphatic rings. The lowest BCUT2D eigenvalue weighted by Crippen LogP contribution is -2.37. The maximum Gasteiger partial charge on any atom is 0.332 e. The van der Waals surface area contributed by atoms with Crippen LogP contribution in [0.15, 0.2) is 45.1 Å². The van der Waals surface area contributed by atoms with Gasteiger partial charge < -0.3 is 4.57 Å². The molecule has 3 aromatic rings. The van der Waals surface area contributed by atoms with Crippen molar-refractivity contribution in [3.05, 3.63) is 56.7 Å². The molecule has 7 heteroatoms. The largest absolute Gasteiger partial charge is 0.332 e. The van der Waals surface area contributed by atoms with Gasteiger partial charge in [0.05, 0.1) is 6.54 Å². The van der Waals surface area contributed by atoms with Crippen LogP contribution in [0.2, 0.25) is 0 Å². The Morgan fingerprint density at radius 3 is 2.44 bits per heavy atom. The molecule has 0 amide bonds. The standard InChI is InChI=1S/C18H22N4O2S/c1-5-12(2)25-17-19-15-14(16(23)21(4)18(24)20(15)3)22(17)11-13-9-7-6-8-10-13/h6-10,12H,5,11H2,1-4H3/t12-/m1/s1. The van der Waals surface area contributed by atoms with Crippen LogP contribution in [0, 0.1) is 0 Å². The molecule has 132 valence electrons. The normalized spacial score (nSPS) is 12.6. The van der Waals surface area contributed by atoms with Crippen LogP contribution >= 0.6 is 11.8 Å². The lowest BCUT2D eigenvalue weighted by atomic mass is 10.2. The highest BCUT2D eigenvalue weighted by atomic mass is 32.2. The number of imidazole rings is 1. The van der Waals surface area contributed by atoms with Gasteiger partial charge in [0, 0.05) is 19.3 Å². The van der Waals surface area contributed by atoms with Crippen molar-refractivity contribution in [2.75, 3.05) is 0 Å². The summed E-state index contributed by atoms with van der Waals surface area (Å²) in [5.41, 5.74) is 1.33. The Morgan fingerprint density at radius 1 is 1.12 bits per heavy atom. The van der Waals surface area contributed by atoms with Crippen LogP contribution in [0.4, 0.5) is 0 Å². The number of thioether (sulfide) groups is 1. The van der Waals surface area contributed by atoms with Crippen molar-refractivity contribution < 1.29 is 0 Å². The SMILES string of the molecule is CC[C@@H](C)Sc1nc2c(c(=O)n(C)c(=O)n2C)n1Cc1ccccc1. The first kappa shape index (κ1) is 17.5. The second kappa shape index (κ2) is 6.92. The average Bonchev–Trinajstić information content (AvgIpc) is 2.97. The first-order valence-corrected chi connectivity index (χ1v) is 9.18. The van der Waals surface area contributed by atoms with Crippen LogP contribution in [-0.2, 0) is 20.6 Å². The van der Waals surface area contributed by atoms with Gasteiger partial charge in [-0.3, -0.25) is 13.9 Å². The third kappa shape index (κ3) is 3.16. The number of nitrogens with zero attached hydrogens (tertiary/aromatic N) is 4. The molecule has 0 spiro atoms. The molecule has 0 radical (unpaired) electrons. The van der Waals surface area contributed by atoms with E-state index in [1.54, 1.807) is 18.8 Å². The molecular formula is C18H22N4O2S. The molecule has 2 heterocycles. The number of fused-ring (bicyclic) bond motifs is 1. The predicted molar refractivity (Wildman–Crippen MR) is 101 cm³/mol. The molecular weight excluding hydrogens is 336 g/mol. The van der Waals surface area contributed by atoms with E-state index >= 15 is 0 Å². The van der Waals surface area contributed by atoms with Crippen molar-refractivity contribution in [3.8, 4) is 0 Å². The molecule has 6 nitrogen and oxygen atoms in total. The van der Waals surface area contributed by atoms with Crippen molar-refractivity contribution >= 4 is 22.9 Å². The molecule has 0 aliphatic heterocycles. The molecule has 0 aliphatic carbocycles. The third-order valence-corrected chi connectivity index (χ3v) is 5.64. The molecule has 0 saturated heterocycles. The van der Waals surface area contributed by atoms with Crippen LogP contribution in [-0.4, -0.2) is 23.9 Å². The van der Waals surface area contributed by atoms with Crippen LogP contribution in [0.25, 0.3) is 11.2 Å². The Bertz CT molecular complexity index is 1020. The lowest BCUT2D eigenvalue weighted by molar-refractivity contribution is 0.696. The van der Waals surface area contributed by atoms with Crippen LogP contribution in [0.1, 0.15) is 25.8 Å². The van der Waals surface area contributed by atoms with Crippen molar-refractivity contribution in [1.29, 1.82) is 0 Å². The first-order chi connectivity index (χ1) is 11.9. The zero-order valence-electron chi connectivity index (χ0n) is 14.9. The van der Waals surface area contributed by atoms with Crippen molar-refractivity contribution in [3.63, 3.8) is 0 Å². The number of hydrogen-bond donors (Lipinski definition) is 0. The quantitative estimate of drug-likeness (QED) is 0.657. The Morgan fingerprint density at radius 2 is 1.80 bits per heavy atom. The molecule has 0 bridgehead atoms. The molecule has 0 unspecified atom stereocenters.